The van der Waals surface area contributed by atoms with Crippen molar-refractivity contribution >= 4 is 5.91 Å². The maximum atomic E-state index is 11.5. The summed E-state index contributed by atoms with van der Waals surface area (Å²) in [4.78, 5) is 11.5. The summed E-state index contributed by atoms with van der Waals surface area (Å²) in [6.45, 7) is 2.40. The molecule has 0 atom stereocenters. The topological polar surface area (TPSA) is 69.0 Å². The first kappa shape index (κ1) is 13.1. The van der Waals surface area contributed by atoms with Crippen LogP contribution in [0.5, 0.6) is 5.75 Å². The van der Waals surface area contributed by atoms with Crippen LogP contribution in [0.25, 0.3) is 0 Å². The number of nitrogens with one attached hydrogen (secondary N) is 1. The van der Waals surface area contributed by atoms with Crippen LogP contribution in [0.3, 0.4) is 0 Å². The fourth-order valence-electron chi connectivity index (χ4n) is 1.74. The van der Waals surface area contributed by atoms with Gasteiger partial charge in [-0.2, -0.15) is 0 Å². The van der Waals surface area contributed by atoms with Crippen molar-refractivity contribution in [2.45, 2.75) is 13.5 Å². The van der Waals surface area contributed by atoms with Gasteiger partial charge < -0.3 is 10.1 Å². The molecule has 0 saturated carbocycles. The van der Waals surface area contributed by atoms with Crippen LogP contribution in [0.15, 0.2) is 24.3 Å². The largest absolute Gasteiger partial charge is 0.497 e. The predicted octanol–water partition coefficient (Wildman–Crippen LogP) is 1.00. The average Bonchev–Trinajstić information content (AvgIpc) is 2.80. The molecular weight excluding hydrogens is 244 g/mol. The van der Waals surface area contributed by atoms with Crippen molar-refractivity contribution in [3.8, 4) is 5.75 Å². The minimum absolute atomic E-state index is 0.224. The lowest BCUT2D eigenvalue weighted by Crippen LogP contribution is -2.19. The van der Waals surface area contributed by atoms with Gasteiger partial charge >= 0.3 is 0 Å². The fourth-order valence-corrected chi connectivity index (χ4v) is 1.74. The quantitative estimate of drug-likeness (QED) is 0.890. The molecule has 1 aromatic heterocycles. The maximum absolute atomic E-state index is 11.5. The average molecular weight is 260 g/mol. The molecule has 0 bridgehead atoms. The molecule has 6 heteroatoms. The van der Waals surface area contributed by atoms with Crippen molar-refractivity contribution in [2.75, 3.05) is 14.2 Å². The van der Waals surface area contributed by atoms with E-state index in [0.717, 1.165) is 17.0 Å². The summed E-state index contributed by atoms with van der Waals surface area (Å²) in [5.74, 6) is 0.587. The predicted molar refractivity (Wildman–Crippen MR) is 70.2 cm³/mol. The van der Waals surface area contributed by atoms with Crippen molar-refractivity contribution in [3.63, 3.8) is 0 Å². The van der Waals surface area contributed by atoms with Gasteiger partial charge in [-0.05, 0) is 24.6 Å². The molecule has 1 N–H and O–H groups in total. The van der Waals surface area contributed by atoms with E-state index in [4.69, 9.17) is 4.74 Å². The second-order valence-corrected chi connectivity index (χ2v) is 4.11. The van der Waals surface area contributed by atoms with Crippen LogP contribution < -0.4 is 10.1 Å². The van der Waals surface area contributed by atoms with Crippen molar-refractivity contribution in [2.24, 2.45) is 0 Å². The highest BCUT2D eigenvalue weighted by atomic mass is 16.5. The summed E-state index contributed by atoms with van der Waals surface area (Å²) in [5.41, 5.74) is 2.17. The Labute approximate surface area is 111 Å². The van der Waals surface area contributed by atoms with E-state index < -0.39 is 0 Å². The fraction of sp³-hybridized carbons (Fsp3) is 0.308. The molecule has 0 aliphatic rings. The second kappa shape index (κ2) is 5.51. The van der Waals surface area contributed by atoms with E-state index in [1.165, 1.54) is 0 Å². The third-order valence-electron chi connectivity index (χ3n) is 2.92. The highest BCUT2D eigenvalue weighted by Gasteiger charge is 2.14. The normalized spacial score (nSPS) is 10.3. The van der Waals surface area contributed by atoms with Gasteiger partial charge in [0.2, 0.25) is 0 Å². The first-order valence-corrected chi connectivity index (χ1v) is 5.90. The first-order chi connectivity index (χ1) is 9.15. The van der Waals surface area contributed by atoms with Gasteiger partial charge in [-0.1, -0.05) is 17.3 Å². The zero-order valence-corrected chi connectivity index (χ0v) is 11.2. The SMILES string of the molecule is CNC(=O)c1nnn(Cc2ccc(OC)cc2)c1C. The molecule has 2 rings (SSSR count). The summed E-state index contributed by atoms with van der Waals surface area (Å²) in [6.07, 6.45) is 0. The highest BCUT2D eigenvalue weighted by Crippen LogP contribution is 2.13. The van der Waals surface area contributed by atoms with E-state index in [1.54, 1.807) is 18.8 Å². The summed E-state index contributed by atoms with van der Waals surface area (Å²) < 4.78 is 6.81. The van der Waals surface area contributed by atoms with Gasteiger partial charge in [0, 0.05) is 7.05 Å². The number of rotatable bonds is 4. The summed E-state index contributed by atoms with van der Waals surface area (Å²) in [5, 5.41) is 10.4. The number of amides is 1. The number of ether oxygens (including phenoxy) is 1. The summed E-state index contributed by atoms with van der Waals surface area (Å²) in [7, 11) is 3.20. The molecule has 100 valence electrons. The zero-order valence-electron chi connectivity index (χ0n) is 11.2. The van der Waals surface area contributed by atoms with Crippen molar-refractivity contribution in [1.82, 2.24) is 20.3 Å². The molecule has 2 aromatic rings. The number of carbonyl (C=O) groups is 1. The van der Waals surface area contributed by atoms with E-state index in [-0.39, 0.29) is 5.91 Å². The highest BCUT2D eigenvalue weighted by molar-refractivity contribution is 5.92. The van der Waals surface area contributed by atoms with Gasteiger partial charge in [-0.3, -0.25) is 4.79 Å². The summed E-state index contributed by atoms with van der Waals surface area (Å²) in [6, 6.07) is 7.70. The molecule has 1 heterocycles. The van der Waals surface area contributed by atoms with Gasteiger partial charge in [-0.25, -0.2) is 4.68 Å². The van der Waals surface area contributed by atoms with Crippen LogP contribution in [-0.4, -0.2) is 35.1 Å². The Morgan fingerprint density at radius 2 is 2.05 bits per heavy atom. The van der Waals surface area contributed by atoms with E-state index in [2.05, 4.69) is 15.6 Å². The number of nitrogens with zero attached hydrogens (tertiary/aromatic N) is 3. The second-order valence-electron chi connectivity index (χ2n) is 4.11. The molecule has 1 amide bonds. The Morgan fingerprint density at radius 1 is 1.37 bits per heavy atom. The van der Waals surface area contributed by atoms with Gasteiger partial charge in [0.15, 0.2) is 5.69 Å². The van der Waals surface area contributed by atoms with Crippen LogP contribution in [0.1, 0.15) is 21.7 Å². The van der Waals surface area contributed by atoms with E-state index in [9.17, 15) is 4.79 Å². The third-order valence-corrected chi connectivity index (χ3v) is 2.92. The number of carbonyl (C=O) groups excluding carboxylic acids is 1. The Bertz CT molecular complexity index is 575. The van der Waals surface area contributed by atoms with Crippen LogP contribution in [0.4, 0.5) is 0 Å². The van der Waals surface area contributed by atoms with Crippen LogP contribution >= 0.6 is 0 Å². The lowest BCUT2D eigenvalue weighted by Gasteiger charge is -2.05. The molecule has 0 saturated heterocycles. The molecule has 0 aliphatic heterocycles. The van der Waals surface area contributed by atoms with Gasteiger partial charge in [0.25, 0.3) is 5.91 Å². The minimum atomic E-state index is -0.224. The lowest BCUT2D eigenvalue weighted by molar-refractivity contribution is 0.0957. The molecule has 19 heavy (non-hydrogen) atoms. The van der Waals surface area contributed by atoms with Gasteiger partial charge in [0.1, 0.15) is 5.75 Å². The number of benzene rings is 1. The molecule has 0 spiro atoms. The Morgan fingerprint density at radius 3 is 2.63 bits per heavy atom. The molecule has 6 nitrogen and oxygen atoms in total. The van der Waals surface area contributed by atoms with Crippen molar-refractivity contribution in [1.29, 1.82) is 0 Å². The standard InChI is InChI=1S/C13H16N4O2/c1-9-12(13(18)14-2)15-16-17(9)8-10-4-6-11(19-3)7-5-10/h4-7H,8H2,1-3H3,(H,14,18). The van der Waals surface area contributed by atoms with E-state index in [0.29, 0.717) is 12.2 Å². The smallest absolute Gasteiger partial charge is 0.273 e. The molecule has 1 aromatic carbocycles. The monoisotopic (exact) mass is 260 g/mol. The Balaban J connectivity index is 2.19. The van der Waals surface area contributed by atoms with Crippen molar-refractivity contribution in [3.05, 3.63) is 41.2 Å². The van der Waals surface area contributed by atoms with Crippen LogP contribution in [0, 0.1) is 6.92 Å². The third kappa shape index (κ3) is 2.73. The molecular formula is C13H16N4O2. The number of aromatic nitrogens is 3. The maximum Gasteiger partial charge on any atom is 0.273 e. The van der Waals surface area contributed by atoms with Crippen molar-refractivity contribution < 1.29 is 9.53 Å². The molecule has 0 aliphatic carbocycles. The zero-order chi connectivity index (χ0) is 13.8. The number of hydrogen-bond donors (Lipinski definition) is 1. The first-order valence-electron chi connectivity index (χ1n) is 5.90. The lowest BCUT2D eigenvalue weighted by atomic mass is 10.2. The summed E-state index contributed by atoms with van der Waals surface area (Å²) >= 11 is 0. The Hall–Kier alpha value is -2.37. The molecule has 0 radical (unpaired) electrons. The van der Waals surface area contributed by atoms with Crippen LogP contribution in [0.2, 0.25) is 0 Å². The van der Waals surface area contributed by atoms with Crippen LogP contribution in [-0.2, 0) is 6.54 Å². The Kier molecular flexibility index (Phi) is 3.79. The van der Waals surface area contributed by atoms with Gasteiger partial charge in [0.05, 0.1) is 19.3 Å². The van der Waals surface area contributed by atoms with Gasteiger partial charge in [-0.15, -0.1) is 5.10 Å². The minimum Gasteiger partial charge on any atom is -0.497 e. The van der Waals surface area contributed by atoms with E-state index >= 15 is 0 Å². The number of methoxy groups -OCH3 is 1. The molecule has 0 fully saturated rings. The molecule has 0 unspecified atom stereocenters. The number of hydrogen-bond acceptors (Lipinski definition) is 4. The van der Waals surface area contributed by atoms with E-state index in [1.807, 2.05) is 31.2 Å².